The molecule has 69 heavy (non-hydrogen) atoms. The molecule has 0 aliphatic carbocycles. The van der Waals surface area contributed by atoms with E-state index in [0.717, 1.165) is 140 Å². The molecule has 348 valence electrons. The zero-order valence-corrected chi connectivity index (χ0v) is 38.2. The van der Waals surface area contributed by atoms with Crippen molar-refractivity contribution in [3.8, 4) is 0 Å². The highest BCUT2D eigenvalue weighted by atomic mass is 15.2. The van der Waals surface area contributed by atoms with Crippen molar-refractivity contribution in [2.24, 2.45) is 0 Å². The maximum Gasteiger partial charge on any atom is 0.228 e. The number of nitrogens with one attached hydrogen (secondary N) is 6. The highest BCUT2D eigenvalue weighted by Crippen LogP contribution is 2.25. The second-order valence-electron chi connectivity index (χ2n) is 16.6. The Bertz CT molecular complexity index is 2770. The average molecular weight is 919 g/mol. The van der Waals surface area contributed by atoms with Gasteiger partial charge in [0, 0.05) is 173 Å². The predicted molar refractivity (Wildman–Crippen MR) is 276 cm³/mol. The van der Waals surface area contributed by atoms with Crippen molar-refractivity contribution in [2.75, 3.05) is 109 Å². The summed E-state index contributed by atoms with van der Waals surface area (Å²) >= 11 is 0. The minimum Gasteiger partial charge on any atom is -0.369 e. The highest BCUT2D eigenvalue weighted by Gasteiger charge is 2.14. The van der Waals surface area contributed by atoms with Gasteiger partial charge in [0.2, 0.25) is 5.95 Å². The Hall–Kier alpha value is -8.19. The molecular formula is C51H54N18. The topological polar surface area (TPSA) is 198 Å². The fourth-order valence-corrected chi connectivity index (χ4v) is 8.31. The summed E-state index contributed by atoms with van der Waals surface area (Å²) in [6.07, 6.45) is 14.4. The van der Waals surface area contributed by atoms with Gasteiger partial charge in [-0.3, -0.25) is 9.97 Å². The van der Waals surface area contributed by atoms with Crippen molar-refractivity contribution in [1.82, 2.24) is 60.8 Å². The molecule has 9 aromatic rings. The number of fused-ring (bicyclic) bond motifs is 3. The Labute approximate surface area is 400 Å². The lowest BCUT2D eigenvalue weighted by Crippen LogP contribution is -2.43. The van der Waals surface area contributed by atoms with Crippen LogP contribution in [0.1, 0.15) is 0 Å². The Morgan fingerprint density at radius 2 is 0.899 bits per heavy atom. The van der Waals surface area contributed by atoms with E-state index in [0.29, 0.717) is 5.95 Å². The van der Waals surface area contributed by atoms with Crippen LogP contribution >= 0.6 is 0 Å². The average Bonchev–Trinajstić information content (AvgIpc) is 3.42. The molecule has 0 spiro atoms. The van der Waals surface area contributed by atoms with Crippen molar-refractivity contribution in [2.45, 2.75) is 0 Å². The van der Waals surface area contributed by atoms with E-state index in [4.69, 9.17) is 0 Å². The second kappa shape index (κ2) is 22.1. The van der Waals surface area contributed by atoms with Gasteiger partial charge in [-0.05, 0) is 54.6 Å². The van der Waals surface area contributed by atoms with Gasteiger partial charge in [-0.15, -0.1) is 0 Å². The Morgan fingerprint density at radius 1 is 0.362 bits per heavy atom. The number of hydrogen-bond acceptors (Lipinski definition) is 18. The summed E-state index contributed by atoms with van der Waals surface area (Å²) in [5.41, 5.74) is 6.28. The fourth-order valence-electron chi connectivity index (χ4n) is 8.31. The molecule has 0 radical (unpaired) electrons. The van der Waals surface area contributed by atoms with Crippen LogP contribution in [0.4, 0.5) is 52.1 Å². The number of rotatable bonds is 9. The summed E-state index contributed by atoms with van der Waals surface area (Å²) in [6, 6.07) is 32.1. The number of hydrogen-bond donors (Lipinski definition) is 6. The van der Waals surface area contributed by atoms with Crippen molar-refractivity contribution < 1.29 is 0 Å². The summed E-state index contributed by atoms with van der Waals surface area (Å²) in [5, 5.41) is 23.0. The molecule has 3 fully saturated rings. The Morgan fingerprint density at radius 3 is 1.54 bits per heavy atom. The molecule has 8 aromatic heterocycles. The molecule has 0 bridgehead atoms. The minimum absolute atomic E-state index is 0.564. The van der Waals surface area contributed by atoms with Crippen LogP contribution in [-0.4, -0.2) is 123 Å². The van der Waals surface area contributed by atoms with Crippen molar-refractivity contribution in [3.63, 3.8) is 0 Å². The number of nitrogens with zero attached hydrogens (tertiary/aromatic N) is 12. The highest BCUT2D eigenvalue weighted by molar-refractivity contribution is 5.82. The first-order valence-electron chi connectivity index (χ1n) is 23.3. The molecule has 18 nitrogen and oxygen atoms in total. The second-order valence-corrected chi connectivity index (χ2v) is 16.6. The zero-order valence-electron chi connectivity index (χ0n) is 38.2. The van der Waals surface area contributed by atoms with E-state index in [2.05, 4.69) is 110 Å². The lowest BCUT2D eigenvalue weighted by Gasteiger charge is -2.29. The molecular weight excluding hydrogens is 865 g/mol. The molecule has 3 aliphatic heterocycles. The molecule has 18 heteroatoms. The quantitative estimate of drug-likeness (QED) is 0.0913. The van der Waals surface area contributed by atoms with Gasteiger partial charge in [0.05, 0.1) is 22.7 Å². The lowest BCUT2D eigenvalue weighted by atomic mass is 10.2. The standard InChI is InChI=1S/3C17H18N6/c1-2-16(21-15-4-5-19-12-13(1)15)22-17-11-14(3-6-20-17)23-9-7-18-8-10-23;1-2-13-10-16(21-12-15(13)19-4-1)22-17-11-14(3-5-20-17)23-8-6-18-7-9-23;1-2-4-15-13(3-1)12-20-17(21-15)22-16-11-14(5-6-19-16)23-9-7-18-8-10-23/h1-6,11-12,18H,7-10H2,(H,20,21,22);1-5,10-12,18H,6-9H2,(H,20,21,22);1-6,11-12,18H,7-10H2,(H,19,20,21,22). The maximum atomic E-state index is 4.60. The van der Waals surface area contributed by atoms with E-state index < -0.39 is 0 Å². The normalized spacial score (nSPS) is 14.9. The molecule has 0 saturated carbocycles. The summed E-state index contributed by atoms with van der Waals surface area (Å²) in [6.45, 7) is 12.2. The van der Waals surface area contributed by atoms with Crippen LogP contribution in [0.2, 0.25) is 0 Å². The number of pyridine rings is 7. The van der Waals surface area contributed by atoms with Crippen LogP contribution in [-0.2, 0) is 0 Å². The van der Waals surface area contributed by atoms with Gasteiger partial charge >= 0.3 is 0 Å². The molecule has 0 atom stereocenters. The van der Waals surface area contributed by atoms with Crippen LogP contribution in [0.3, 0.4) is 0 Å². The van der Waals surface area contributed by atoms with Crippen molar-refractivity contribution >= 4 is 84.8 Å². The summed E-state index contributed by atoms with van der Waals surface area (Å²) in [4.78, 5) is 46.5. The van der Waals surface area contributed by atoms with Gasteiger partial charge in [-0.2, -0.15) is 0 Å². The fraction of sp³-hybridized carbons (Fsp3) is 0.235. The molecule has 3 saturated heterocycles. The number of para-hydroxylation sites is 1. The van der Waals surface area contributed by atoms with Crippen LogP contribution < -0.4 is 46.6 Å². The zero-order chi connectivity index (χ0) is 46.5. The van der Waals surface area contributed by atoms with Gasteiger partial charge in [0.25, 0.3) is 0 Å². The van der Waals surface area contributed by atoms with E-state index in [1.165, 1.54) is 17.1 Å². The lowest BCUT2D eigenvalue weighted by molar-refractivity contribution is 0.589. The van der Waals surface area contributed by atoms with Crippen molar-refractivity contribution in [1.29, 1.82) is 0 Å². The minimum atomic E-state index is 0.564. The van der Waals surface area contributed by atoms with Gasteiger partial charge in [0.1, 0.15) is 29.1 Å². The Kier molecular flexibility index (Phi) is 14.3. The SMILES string of the molecule is c1cc2nc(Nc3cc(N4CCNCC4)ccn3)ccc2cn1.c1ccc2nc(Nc3cc(N4CCNCC4)ccn3)ncc2c1.c1cnc2cnc(Nc3cc(N4CCNCC4)ccn3)cc2c1. The summed E-state index contributed by atoms with van der Waals surface area (Å²) < 4.78 is 0. The molecule has 1 aromatic carbocycles. The first-order chi connectivity index (χ1) is 34.1. The van der Waals surface area contributed by atoms with Crippen LogP contribution in [0.25, 0.3) is 32.7 Å². The maximum absolute atomic E-state index is 4.60. The van der Waals surface area contributed by atoms with Crippen LogP contribution in [0.5, 0.6) is 0 Å². The first kappa shape index (κ1) is 44.6. The number of piperazine rings is 3. The summed E-state index contributed by atoms with van der Waals surface area (Å²) in [5.74, 6) is 4.49. The van der Waals surface area contributed by atoms with E-state index in [1.807, 2.05) is 110 Å². The molecule has 12 rings (SSSR count). The van der Waals surface area contributed by atoms with E-state index in [-0.39, 0.29) is 0 Å². The monoisotopic (exact) mass is 918 g/mol. The number of benzene rings is 1. The third-order valence-electron chi connectivity index (χ3n) is 11.9. The summed E-state index contributed by atoms with van der Waals surface area (Å²) in [7, 11) is 0. The number of anilines is 9. The smallest absolute Gasteiger partial charge is 0.228 e. The predicted octanol–water partition coefficient (Wildman–Crippen LogP) is 6.53. The molecule has 3 aliphatic rings. The van der Waals surface area contributed by atoms with E-state index in [1.54, 1.807) is 18.6 Å². The van der Waals surface area contributed by atoms with Crippen LogP contribution in [0.15, 0.2) is 147 Å². The molecule has 0 amide bonds. The largest absolute Gasteiger partial charge is 0.369 e. The van der Waals surface area contributed by atoms with Crippen molar-refractivity contribution in [3.05, 3.63) is 147 Å². The molecule has 11 heterocycles. The Balaban J connectivity index is 0.000000120. The third kappa shape index (κ3) is 11.9. The van der Waals surface area contributed by atoms with Gasteiger partial charge in [-0.1, -0.05) is 24.3 Å². The molecule has 0 unspecified atom stereocenters. The molecule has 6 N–H and O–H groups in total. The van der Waals surface area contributed by atoms with Gasteiger partial charge < -0.3 is 46.6 Å². The first-order valence-corrected chi connectivity index (χ1v) is 23.3. The van der Waals surface area contributed by atoms with Gasteiger partial charge in [-0.25, -0.2) is 34.9 Å². The van der Waals surface area contributed by atoms with Gasteiger partial charge in [0.15, 0.2) is 0 Å². The third-order valence-corrected chi connectivity index (χ3v) is 11.9. The number of aromatic nitrogens is 9. The van der Waals surface area contributed by atoms with Crippen LogP contribution in [0, 0.1) is 0 Å². The van der Waals surface area contributed by atoms with E-state index >= 15 is 0 Å². The van der Waals surface area contributed by atoms with E-state index in [9.17, 15) is 0 Å².